The molecule has 0 aliphatic carbocycles. The van der Waals surface area contributed by atoms with Gasteiger partial charge in [0.2, 0.25) is 5.91 Å². The predicted octanol–water partition coefficient (Wildman–Crippen LogP) is 5.22. The number of thioether (sulfide) groups is 1. The normalized spacial score (nSPS) is 14.5. The van der Waals surface area contributed by atoms with E-state index in [-0.39, 0.29) is 28.5 Å². The highest BCUT2D eigenvalue weighted by molar-refractivity contribution is 8.03. The van der Waals surface area contributed by atoms with Crippen LogP contribution in [0.2, 0.25) is 0 Å². The molecule has 0 radical (unpaired) electrons. The number of ether oxygens (including phenoxy) is 2. The molecule has 0 saturated carbocycles. The molecule has 2 amide bonds. The molecule has 0 saturated heterocycles. The van der Waals surface area contributed by atoms with E-state index in [1.165, 1.54) is 38.7 Å². The fourth-order valence-corrected chi connectivity index (χ4v) is 5.29. The molecular weight excluding hydrogens is 562 g/mol. The molecule has 3 N–H and O–H groups in total. The maximum absolute atomic E-state index is 13.7. The van der Waals surface area contributed by atoms with Crippen molar-refractivity contribution < 1.29 is 28.4 Å². The molecule has 216 valence electrons. The number of carbonyl (C=O) groups excluding carboxylic acids is 2. The van der Waals surface area contributed by atoms with Gasteiger partial charge in [0, 0.05) is 29.6 Å². The second kappa shape index (κ2) is 13.0. The fraction of sp³-hybridized carbons (Fsp3) is 0.207. The van der Waals surface area contributed by atoms with Crippen molar-refractivity contribution in [3.05, 3.63) is 98.1 Å². The zero-order chi connectivity index (χ0) is 30.4. The van der Waals surface area contributed by atoms with E-state index in [0.29, 0.717) is 44.9 Å². The molecule has 0 bridgehead atoms. The van der Waals surface area contributed by atoms with Crippen LogP contribution in [-0.4, -0.2) is 36.7 Å². The minimum Gasteiger partial charge on any atom is -0.497 e. The number of rotatable bonds is 10. The Morgan fingerprint density at radius 2 is 1.90 bits per heavy atom. The Hall–Kier alpha value is -5.22. The lowest BCUT2D eigenvalue weighted by atomic mass is 9.85. The van der Waals surface area contributed by atoms with Gasteiger partial charge < -0.3 is 29.8 Å². The van der Waals surface area contributed by atoms with E-state index in [1.54, 1.807) is 44.2 Å². The number of nitro benzene ring substituents is 1. The molecule has 12 nitrogen and oxygen atoms in total. The average molecular weight is 590 g/mol. The Morgan fingerprint density at radius 3 is 2.52 bits per heavy atom. The van der Waals surface area contributed by atoms with Gasteiger partial charge in [-0.3, -0.25) is 19.7 Å². The largest absolute Gasteiger partial charge is 0.497 e. The van der Waals surface area contributed by atoms with E-state index in [0.717, 1.165) is 11.8 Å². The molecule has 42 heavy (non-hydrogen) atoms. The molecule has 3 aromatic rings. The second-order valence-corrected chi connectivity index (χ2v) is 10.1. The van der Waals surface area contributed by atoms with Crippen LogP contribution >= 0.6 is 11.8 Å². The molecule has 0 fully saturated rings. The number of methoxy groups -OCH3 is 2. The van der Waals surface area contributed by atoms with E-state index in [2.05, 4.69) is 22.0 Å². The highest BCUT2D eigenvalue weighted by atomic mass is 32.2. The Labute approximate surface area is 245 Å². The van der Waals surface area contributed by atoms with Gasteiger partial charge in [-0.1, -0.05) is 11.8 Å². The number of allylic oxidation sites excluding steroid dienone is 2. The monoisotopic (exact) mass is 589 g/mol. The minimum atomic E-state index is -0.856. The van der Waals surface area contributed by atoms with Gasteiger partial charge in [0.1, 0.15) is 17.3 Å². The van der Waals surface area contributed by atoms with E-state index in [1.807, 2.05) is 0 Å². The highest BCUT2D eigenvalue weighted by Gasteiger charge is 2.37. The standard InChI is InChI=1S/C29H27N5O7S/c1-16-12-18(34(37)38)7-9-21(16)32-25(35)15-42-29-20(14-30)27(24-6-5-11-41-24)26(17(2)31-29)28(36)33-22-13-19(39-3)8-10-23(22)40-4/h5-13,27,31H,15H2,1-4H3,(H,32,35)(H,33,36)/t27-/m1/s1. The lowest BCUT2D eigenvalue weighted by Gasteiger charge is -2.28. The molecule has 1 atom stereocenters. The second-order valence-electron chi connectivity index (χ2n) is 9.08. The summed E-state index contributed by atoms with van der Waals surface area (Å²) in [5, 5.41) is 30.3. The first-order chi connectivity index (χ1) is 20.2. The number of dihydropyridines is 1. The van der Waals surface area contributed by atoms with Gasteiger partial charge >= 0.3 is 0 Å². The number of nitro groups is 1. The minimum absolute atomic E-state index is 0.0778. The van der Waals surface area contributed by atoms with Crippen molar-refractivity contribution in [1.29, 1.82) is 5.26 Å². The van der Waals surface area contributed by atoms with E-state index in [9.17, 15) is 25.0 Å². The number of hydrogen-bond acceptors (Lipinski definition) is 10. The molecule has 1 aliphatic heterocycles. The molecule has 13 heteroatoms. The Kier molecular flexibility index (Phi) is 9.18. The van der Waals surface area contributed by atoms with Crippen LogP contribution in [0.5, 0.6) is 11.5 Å². The van der Waals surface area contributed by atoms with E-state index in [4.69, 9.17) is 13.9 Å². The number of furan rings is 1. The van der Waals surface area contributed by atoms with Gasteiger partial charge in [0.05, 0.1) is 65.0 Å². The number of nitrogens with zero attached hydrogens (tertiary/aromatic N) is 2. The molecule has 2 heterocycles. The SMILES string of the molecule is COc1ccc(OC)c(NC(=O)C2=C(C)NC(SCC(=O)Nc3ccc([N+](=O)[O-])cc3C)=C(C#N)[C@@H]2c2ccco2)c1. The number of aryl methyl sites for hydroxylation is 1. The van der Waals surface area contributed by atoms with Crippen molar-refractivity contribution in [2.75, 3.05) is 30.6 Å². The predicted molar refractivity (Wildman–Crippen MR) is 157 cm³/mol. The molecule has 0 unspecified atom stereocenters. The maximum atomic E-state index is 13.7. The fourth-order valence-electron chi connectivity index (χ4n) is 4.39. The zero-order valence-corrected chi connectivity index (χ0v) is 24.0. The van der Waals surface area contributed by atoms with Crippen LogP contribution in [0.4, 0.5) is 17.1 Å². The highest BCUT2D eigenvalue weighted by Crippen LogP contribution is 2.41. The third kappa shape index (κ3) is 6.39. The van der Waals surface area contributed by atoms with Crippen LogP contribution in [0, 0.1) is 28.4 Å². The number of hydrogen-bond donors (Lipinski definition) is 3. The third-order valence-electron chi connectivity index (χ3n) is 6.42. The van der Waals surface area contributed by atoms with Crippen molar-refractivity contribution in [3.63, 3.8) is 0 Å². The zero-order valence-electron chi connectivity index (χ0n) is 23.1. The van der Waals surface area contributed by atoms with Gasteiger partial charge in [-0.2, -0.15) is 5.26 Å². The van der Waals surface area contributed by atoms with Crippen molar-refractivity contribution in [2.24, 2.45) is 0 Å². The number of nitriles is 1. The summed E-state index contributed by atoms with van der Waals surface area (Å²) in [5.74, 6) is -0.499. The van der Waals surface area contributed by atoms with Crippen molar-refractivity contribution in [3.8, 4) is 17.6 Å². The summed E-state index contributed by atoms with van der Waals surface area (Å²) in [6, 6.07) is 14.7. The molecule has 0 spiro atoms. The van der Waals surface area contributed by atoms with Crippen molar-refractivity contribution >= 4 is 40.6 Å². The average Bonchev–Trinajstić information content (AvgIpc) is 3.51. The van der Waals surface area contributed by atoms with E-state index >= 15 is 0 Å². The lowest BCUT2D eigenvalue weighted by Crippen LogP contribution is -2.31. The van der Waals surface area contributed by atoms with Crippen LogP contribution in [-0.2, 0) is 9.59 Å². The topological polar surface area (TPSA) is 169 Å². The smallest absolute Gasteiger partial charge is 0.269 e. The van der Waals surface area contributed by atoms with Gasteiger partial charge in [-0.15, -0.1) is 0 Å². The number of amides is 2. The first-order valence-corrected chi connectivity index (χ1v) is 13.5. The van der Waals surface area contributed by atoms with Crippen LogP contribution in [0.25, 0.3) is 0 Å². The van der Waals surface area contributed by atoms with Crippen LogP contribution in [0.3, 0.4) is 0 Å². The van der Waals surface area contributed by atoms with Crippen LogP contribution in [0.15, 0.2) is 81.1 Å². The van der Waals surface area contributed by atoms with Crippen molar-refractivity contribution in [1.82, 2.24) is 5.32 Å². The van der Waals surface area contributed by atoms with Crippen LogP contribution in [0.1, 0.15) is 24.2 Å². The third-order valence-corrected chi connectivity index (χ3v) is 7.43. The number of anilines is 2. The molecule has 1 aliphatic rings. The van der Waals surface area contributed by atoms with Gasteiger partial charge in [-0.05, 0) is 49.7 Å². The molecular formula is C29H27N5O7S. The summed E-state index contributed by atoms with van der Waals surface area (Å²) < 4.78 is 16.3. The van der Waals surface area contributed by atoms with Gasteiger partial charge in [0.15, 0.2) is 0 Å². The summed E-state index contributed by atoms with van der Waals surface area (Å²) in [6.45, 7) is 3.35. The molecule has 4 rings (SSSR count). The Morgan fingerprint density at radius 1 is 1.12 bits per heavy atom. The van der Waals surface area contributed by atoms with Gasteiger partial charge in [0.25, 0.3) is 11.6 Å². The quantitative estimate of drug-likeness (QED) is 0.210. The Bertz CT molecular complexity index is 1640. The summed E-state index contributed by atoms with van der Waals surface area (Å²) >= 11 is 1.09. The summed E-state index contributed by atoms with van der Waals surface area (Å²) in [6.07, 6.45) is 1.45. The molecule has 2 aromatic carbocycles. The first kappa shape index (κ1) is 29.8. The summed E-state index contributed by atoms with van der Waals surface area (Å²) in [4.78, 5) is 37.0. The van der Waals surface area contributed by atoms with E-state index < -0.39 is 16.7 Å². The first-order valence-electron chi connectivity index (χ1n) is 12.5. The Balaban J connectivity index is 1.59. The number of non-ortho nitro benzene ring substituents is 1. The maximum Gasteiger partial charge on any atom is 0.269 e. The number of benzene rings is 2. The lowest BCUT2D eigenvalue weighted by molar-refractivity contribution is -0.384. The summed E-state index contributed by atoms with van der Waals surface area (Å²) in [7, 11) is 2.99. The van der Waals surface area contributed by atoms with Crippen LogP contribution < -0.4 is 25.4 Å². The van der Waals surface area contributed by atoms with Crippen molar-refractivity contribution in [2.45, 2.75) is 19.8 Å². The molecule has 1 aromatic heterocycles. The van der Waals surface area contributed by atoms with Gasteiger partial charge in [-0.25, -0.2) is 0 Å². The number of nitrogens with one attached hydrogen (secondary N) is 3. The summed E-state index contributed by atoms with van der Waals surface area (Å²) in [5.41, 5.74) is 2.18. The number of carbonyl (C=O) groups is 2.